The molecule has 2 N–H and O–H groups in total. The van der Waals surface area contributed by atoms with Crippen LogP contribution >= 0.6 is 22.6 Å². The summed E-state index contributed by atoms with van der Waals surface area (Å²) in [6.07, 6.45) is 2.43. The summed E-state index contributed by atoms with van der Waals surface area (Å²) < 4.78 is 13.9. The summed E-state index contributed by atoms with van der Waals surface area (Å²) in [6.45, 7) is 0. The standard InChI is InChI=1S/C14H15FINO3/c15-9-3-6-12(16)11(7-9)13(18)17-10-4-1-8(2-5-10)14(19)20/h3,6-8,10H,1-2,4-5H2,(H,17,18)(H,19,20). The first kappa shape index (κ1) is 15.2. The predicted octanol–water partition coefficient (Wildman–Crippen LogP) is 2.80. The fourth-order valence-corrected chi connectivity index (χ4v) is 3.00. The normalized spacial score (nSPS) is 22.3. The van der Waals surface area contributed by atoms with Crippen LogP contribution in [0.5, 0.6) is 0 Å². The molecule has 0 bridgehead atoms. The molecule has 1 aliphatic rings. The number of halogens is 2. The van der Waals surface area contributed by atoms with E-state index in [4.69, 9.17) is 5.11 Å². The van der Waals surface area contributed by atoms with Gasteiger partial charge >= 0.3 is 5.97 Å². The lowest BCUT2D eigenvalue weighted by Gasteiger charge is -2.26. The van der Waals surface area contributed by atoms with E-state index >= 15 is 0 Å². The van der Waals surface area contributed by atoms with Gasteiger partial charge in [-0.1, -0.05) is 0 Å². The molecule has 2 rings (SSSR count). The van der Waals surface area contributed by atoms with E-state index in [1.54, 1.807) is 6.07 Å². The van der Waals surface area contributed by atoms with Crippen LogP contribution in [0.3, 0.4) is 0 Å². The Morgan fingerprint density at radius 1 is 1.25 bits per heavy atom. The van der Waals surface area contributed by atoms with Crippen molar-refractivity contribution in [1.29, 1.82) is 0 Å². The zero-order valence-electron chi connectivity index (χ0n) is 10.7. The van der Waals surface area contributed by atoms with Gasteiger partial charge in [-0.3, -0.25) is 9.59 Å². The quantitative estimate of drug-likeness (QED) is 0.779. The van der Waals surface area contributed by atoms with Crippen LogP contribution in [-0.2, 0) is 4.79 Å². The molecule has 1 saturated carbocycles. The van der Waals surface area contributed by atoms with Crippen molar-refractivity contribution in [3.05, 3.63) is 33.1 Å². The summed E-state index contributed by atoms with van der Waals surface area (Å²) in [5.74, 6) is -1.82. The summed E-state index contributed by atoms with van der Waals surface area (Å²) in [6, 6.07) is 4.07. The smallest absolute Gasteiger partial charge is 0.306 e. The molecule has 0 saturated heterocycles. The Labute approximate surface area is 129 Å². The molecular weight excluding hydrogens is 376 g/mol. The van der Waals surface area contributed by atoms with Crippen LogP contribution in [0.4, 0.5) is 4.39 Å². The molecule has 1 amide bonds. The van der Waals surface area contributed by atoms with E-state index in [0.717, 1.165) is 0 Å². The van der Waals surface area contributed by atoms with Gasteiger partial charge in [0.05, 0.1) is 11.5 Å². The van der Waals surface area contributed by atoms with Crippen LogP contribution in [0.2, 0.25) is 0 Å². The lowest BCUT2D eigenvalue weighted by atomic mass is 9.86. The van der Waals surface area contributed by atoms with Crippen molar-refractivity contribution in [2.24, 2.45) is 5.92 Å². The summed E-state index contributed by atoms with van der Waals surface area (Å²) in [5, 5.41) is 11.8. The highest BCUT2D eigenvalue weighted by Gasteiger charge is 2.27. The number of nitrogens with one attached hydrogen (secondary N) is 1. The minimum absolute atomic E-state index is 0.0304. The first-order valence-electron chi connectivity index (χ1n) is 6.46. The van der Waals surface area contributed by atoms with Crippen molar-refractivity contribution in [3.63, 3.8) is 0 Å². The Morgan fingerprint density at radius 2 is 1.90 bits per heavy atom. The van der Waals surface area contributed by atoms with Crippen molar-refractivity contribution >= 4 is 34.5 Å². The first-order valence-corrected chi connectivity index (χ1v) is 7.54. The van der Waals surface area contributed by atoms with Gasteiger partial charge in [-0.2, -0.15) is 0 Å². The highest BCUT2D eigenvalue weighted by Crippen LogP contribution is 2.25. The molecule has 0 spiro atoms. The van der Waals surface area contributed by atoms with Crippen molar-refractivity contribution in [3.8, 4) is 0 Å². The van der Waals surface area contributed by atoms with Gasteiger partial charge in [-0.15, -0.1) is 0 Å². The van der Waals surface area contributed by atoms with Crippen LogP contribution in [0.1, 0.15) is 36.0 Å². The number of hydrogen-bond acceptors (Lipinski definition) is 2. The maximum atomic E-state index is 13.2. The molecule has 1 aromatic carbocycles. The zero-order chi connectivity index (χ0) is 14.7. The number of benzene rings is 1. The molecule has 0 aliphatic heterocycles. The van der Waals surface area contributed by atoms with Crippen LogP contribution in [0.25, 0.3) is 0 Å². The lowest BCUT2D eigenvalue weighted by molar-refractivity contribution is -0.142. The number of rotatable bonds is 3. The van der Waals surface area contributed by atoms with Crippen molar-refractivity contribution in [1.82, 2.24) is 5.32 Å². The number of carbonyl (C=O) groups is 2. The van der Waals surface area contributed by atoms with Crippen LogP contribution in [-0.4, -0.2) is 23.0 Å². The summed E-state index contributed by atoms with van der Waals surface area (Å²) >= 11 is 1.99. The SMILES string of the molecule is O=C(NC1CCC(C(=O)O)CC1)c1cc(F)ccc1I. The molecule has 20 heavy (non-hydrogen) atoms. The number of carboxylic acids is 1. The van der Waals surface area contributed by atoms with E-state index in [9.17, 15) is 14.0 Å². The van der Waals surface area contributed by atoms with Gasteiger partial charge in [0.25, 0.3) is 5.91 Å². The molecule has 1 aliphatic carbocycles. The van der Waals surface area contributed by atoms with E-state index in [-0.39, 0.29) is 17.9 Å². The van der Waals surface area contributed by atoms with Crippen LogP contribution in [0, 0.1) is 15.3 Å². The lowest BCUT2D eigenvalue weighted by Crippen LogP contribution is -2.39. The van der Waals surface area contributed by atoms with E-state index in [0.29, 0.717) is 34.8 Å². The molecule has 0 radical (unpaired) electrons. The van der Waals surface area contributed by atoms with Gasteiger partial charge in [-0.05, 0) is 66.5 Å². The number of amides is 1. The highest BCUT2D eigenvalue weighted by atomic mass is 127. The average molecular weight is 391 g/mol. The minimum Gasteiger partial charge on any atom is -0.481 e. The second-order valence-electron chi connectivity index (χ2n) is 4.98. The van der Waals surface area contributed by atoms with Gasteiger partial charge in [0.15, 0.2) is 0 Å². The number of carbonyl (C=O) groups excluding carboxylic acids is 1. The van der Waals surface area contributed by atoms with Crippen molar-refractivity contribution in [2.45, 2.75) is 31.7 Å². The Morgan fingerprint density at radius 3 is 2.50 bits per heavy atom. The van der Waals surface area contributed by atoms with E-state index in [1.165, 1.54) is 12.1 Å². The Bertz CT molecular complexity index is 527. The van der Waals surface area contributed by atoms with E-state index in [2.05, 4.69) is 5.32 Å². The Balaban J connectivity index is 1.96. The second-order valence-corrected chi connectivity index (χ2v) is 6.15. The van der Waals surface area contributed by atoms with E-state index in [1.807, 2.05) is 22.6 Å². The number of carboxylic acid groups (broad SMARTS) is 1. The highest BCUT2D eigenvalue weighted by molar-refractivity contribution is 14.1. The second kappa shape index (κ2) is 6.51. The zero-order valence-corrected chi connectivity index (χ0v) is 12.9. The third-order valence-electron chi connectivity index (χ3n) is 3.58. The van der Waals surface area contributed by atoms with Gasteiger partial charge in [0, 0.05) is 9.61 Å². The third kappa shape index (κ3) is 3.68. The Kier molecular flexibility index (Phi) is 4.95. The third-order valence-corrected chi connectivity index (χ3v) is 4.53. The molecule has 1 aromatic rings. The monoisotopic (exact) mass is 391 g/mol. The summed E-state index contributed by atoms with van der Waals surface area (Å²) in [4.78, 5) is 23.0. The predicted molar refractivity (Wildman–Crippen MR) is 80.0 cm³/mol. The Hall–Kier alpha value is -1.18. The van der Waals surface area contributed by atoms with Gasteiger partial charge in [-0.25, -0.2) is 4.39 Å². The molecule has 6 heteroatoms. The maximum Gasteiger partial charge on any atom is 0.306 e. The number of hydrogen-bond donors (Lipinski definition) is 2. The largest absolute Gasteiger partial charge is 0.481 e. The summed E-state index contributed by atoms with van der Waals surface area (Å²) in [7, 11) is 0. The molecular formula is C14H15FINO3. The molecule has 4 nitrogen and oxygen atoms in total. The van der Waals surface area contributed by atoms with Gasteiger partial charge in [0.2, 0.25) is 0 Å². The fourth-order valence-electron chi connectivity index (χ4n) is 2.42. The van der Waals surface area contributed by atoms with Crippen molar-refractivity contribution < 1.29 is 19.1 Å². The molecule has 0 heterocycles. The summed E-state index contributed by atoms with van der Waals surface area (Å²) in [5.41, 5.74) is 0.325. The fraction of sp³-hybridized carbons (Fsp3) is 0.429. The van der Waals surface area contributed by atoms with Crippen LogP contribution in [0.15, 0.2) is 18.2 Å². The maximum absolute atomic E-state index is 13.2. The van der Waals surface area contributed by atoms with Gasteiger partial charge in [0.1, 0.15) is 5.82 Å². The topological polar surface area (TPSA) is 66.4 Å². The van der Waals surface area contributed by atoms with Crippen molar-refractivity contribution in [2.75, 3.05) is 0 Å². The van der Waals surface area contributed by atoms with Crippen LogP contribution < -0.4 is 5.32 Å². The molecule has 1 fully saturated rings. The minimum atomic E-state index is -0.769. The molecule has 0 atom stereocenters. The molecule has 0 aromatic heterocycles. The average Bonchev–Trinajstić information content (AvgIpc) is 2.42. The first-order chi connectivity index (χ1) is 9.47. The molecule has 108 valence electrons. The molecule has 0 unspecified atom stereocenters. The van der Waals surface area contributed by atoms with E-state index < -0.39 is 11.8 Å². The van der Waals surface area contributed by atoms with Gasteiger partial charge < -0.3 is 10.4 Å². The number of aliphatic carboxylic acids is 1.